The van der Waals surface area contributed by atoms with E-state index in [1.807, 2.05) is 48.7 Å². The third-order valence-corrected chi connectivity index (χ3v) is 5.71. The number of esters is 1. The van der Waals surface area contributed by atoms with E-state index < -0.39 is 0 Å². The van der Waals surface area contributed by atoms with Crippen LogP contribution in [0.3, 0.4) is 0 Å². The zero-order valence-electron chi connectivity index (χ0n) is 20.7. The summed E-state index contributed by atoms with van der Waals surface area (Å²) >= 11 is 0. The first-order valence-electron chi connectivity index (χ1n) is 11.8. The molecule has 9 heteroatoms. The van der Waals surface area contributed by atoms with Crippen molar-refractivity contribution in [2.24, 2.45) is 0 Å². The molecule has 1 N–H and O–H groups in total. The molecule has 4 rings (SSSR count). The Hall–Kier alpha value is -3.85. The minimum absolute atomic E-state index is 0.227. The Kier molecular flexibility index (Phi) is 7.67. The number of ether oxygens (including phenoxy) is 1. The molecule has 0 spiro atoms. The van der Waals surface area contributed by atoms with Gasteiger partial charge in [0, 0.05) is 18.5 Å². The maximum atomic E-state index is 13.0. The number of rotatable bonds is 10. The van der Waals surface area contributed by atoms with Crippen molar-refractivity contribution in [1.29, 1.82) is 0 Å². The Morgan fingerprint density at radius 1 is 1.06 bits per heavy atom. The molecule has 0 aliphatic rings. The Balaban J connectivity index is 1.65. The molecular formula is C26H31N7O2. The maximum absolute atomic E-state index is 13.0. The zero-order valence-corrected chi connectivity index (χ0v) is 20.7. The highest BCUT2D eigenvalue weighted by Gasteiger charge is 2.23. The highest BCUT2D eigenvalue weighted by atomic mass is 16.5. The standard InChI is InChI=1S/C26H31N7O2/c1-5-9-23-27-22(6-2)24(26(34)35-17-32(3)4)33(23)16-18-12-14-19(15-13-18)20-10-7-8-11-21(20)25-28-30-31-29-25/h7-8,10-15H,5-6,9,16-17H2,1-4H3,(H,28,29,30,31). The van der Waals surface area contributed by atoms with Crippen molar-refractivity contribution in [2.75, 3.05) is 20.8 Å². The fourth-order valence-electron chi connectivity index (χ4n) is 4.06. The minimum atomic E-state index is -0.336. The van der Waals surface area contributed by atoms with Crippen molar-refractivity contribution in [2.45, 2.75) is 39.7 Å². The fourth-order valence-corrected chi connectivity index (χ4v) is 4.06. The quantitative estimate of drug-likeness (QED) is 0.275. The molecule has 0 aliphatic heterocycles. The van der Waals surface area contributed by atoms with Crippen LogP contribution in [0.5, 0.6) is 0 Å². The summed E-state index contributed by atoms with van der Waals surface area (Å²) in [5, 5.41) is 14.3. The number of nitrogens with zero attached hydrogens (tertiary/aromatic N) is 6. The van der Waals surface area contributed by atoms with E-state index in [-0.39, 0.29) is 12.7 Å². The highest BCUT2D eigenvalue weighted by Crippen LogP contribution is 2.30. The van der Waals surface area contributed by atoms with Crippen molar-refractivity contribution in [3.05, 3.63) is 71.3 Å². The number of hydrogen-bond donors (Lipinski definition) is 1. The van der Waals surface area contributed by atoms with E-state index in [1.165, 1.54) is 0 Å². The average Bonchev–Trinajstić information content (AvgIpc) is 3.52. The lowest BCUT2D eigenvalue weighted by molar-refractivity contribution is 0.0306. The second-order valence-electron chi connectivity index (χ2n) is 8.65. The molecule has 9 nitrogen and oxygen atoms in total. The lowest BCUT2D eigenvalue weighted by Gasteiger charge is -2.15. The van der Waals surface area contributed by atoms with Crippen LogP contribution >= 0.6 is 0 Å². The summed E-state index contributed by atoms with van der Waals surface area (Å²) in [7, 11) is 3.73. The van der Waals surface area contributed by atoms with Crippen LogP contribution < -0.4 is 0 Å². The molecule has 0 saturated heterocycles. The van der Waals surface area contributed by atoms with E-state index in [0.29, 0.717) is 24.5 Å². The number of aromatic nitrogens is 6. The Morgan fingerprint density at radius 2 is 1.80 bits per heavy atom. The molecule has 0 unspecified atom stereocenters. The normalized spacial score (nSPS) is 11.2. The SMILES string of the molecule is CCCc1nc(CC)c(C(=O)OCN(C)C)n1Cc1ccc(-c2ccccc2-c2nnn[nH]2)cc1. The molecule has 2 aromatic heterocycles. The van der Waals surface area contributed by atoms with Crippen molar-refractivity contribution in [3.8, 4) is 22.5 Å². The number of benzene rings is 2. The third kappa shape index (κ3) is 5.46. The predicted octanol–water partition coefficient (Wildman–Crippen LogP) is 3.97. The van der Waals surface area contributed by atoms with Crippen molar-refractivity contribution in [1.82, 2.24) is 35.1 Å². The Labute approximate surface area is 205 Å². The number of H-pyrrole nitrogens is 1. The Morgan fingerprint density at radius 3 is 2.43 bits per heavy atom. The van der Waals surface area contributed by atoms with Gasteiger partial charge in [-0.25, -0.2) is 14.9 Å². The number of nitrogens with one attached hydrogen (secondary N) is 1. The average molecular weight is 474 g/mol. The summed E-state index contributed by atoms with van der Waals surface area (Å²) in [5.41, 5.74) is 5.43. The first kappa shape index (κ1) is 24.3. The summed E-state index contributed by atoms with van der Waals surface area (Å²) in [6.07, 6.45) is 2.41. The summed E-state index contributed by atoms with van der Waals surface area (Å²) in [6.45, 7) is 4.90. The van der Waals surface area contributed by atoms with Crippen LogP contribution in [0.25, 0.3) is 22.5 Å². The van der Waals surface area contributed by atoms with Gasteiger partial charge in [-0.15, -0.1) is 5.10 Å². The van der Waals surface area contributed by atoms with E-state index in [2.05, 4.69) is 57.9 Å². The topological polar surface area (TPSA) is 102 Å². The van der Waals surface area contributed by atoms with Crippen LogP contribution in [0.2, 0.25) is 0 Å². The molecule has 0 bridgehead atoms. The molecule has 0 aliphatic carbocycles. The lowest BCUT2D eigenvalue weighted by Crippen LogP contribution is -2.22. The summed E-state index contributed by atoms with van der Waals surface area (Å²) in [4.78, 5) is 19.6. The van der Waals surface area contributed by atoms with Crippen LogP contribution in [-0.4, -0.2) is 61.9 Å². The summed E-state index contributed by atoms with van der Waals surface area (Å²) < 4.78 is 7.55. The van der Waals surface area contributed by atoms with Gasteiger partial charge in [0.25, 0.3) is 0 Å². The van der Waals surface area contributed by atoms with E-state index in [9.17, 15) is 4.79 Å². The van der Waals surface area contributed by atoms with Gasteiger partial charge in [-0.05, 0) is 54.1 Å². The first-order chi connectivity index (χ1) is 17.0. The van der Waals surface area contributed by atoms with Gasteiger partial charge in [-0.2, -0.15) is 0 Å². The second-order valence-corrected chi connectivity index (χ2v) is 8.65. The number of aryl methyl sites for hydroxylation is 2. The third-order valence-electron chi connectivity index (χ3n) is 5.71. The van der Waals surface area contributed by atoms with E-state index in [1.54, 1.807) is 0 Å². The predicted molar refractivity (Wildman–Crippen MR) is 134 cm³/mol. The van der Waals surface area contributed by atoms with E-state index in [4.69, 9.17) is 9.72 Å². The molecule has 182 valence electrons. The smallest absolute Gasteiger partial charge is 0.358 e. The number of carbonyl (C=O) groups excluding carboxylic acids is 1. The van der Waals surface area contributed by atoms with Gasteiger partial charge in [0.2, 0.25) is 0 Å². The van der Waals surface area contributed by atoms with Gasteiger partial charge in [-0.3, -0.25) is 4.90 Å². The highest BCUT2D eigenvalue weighted by molar-refractivity contribution is 5.89. The zero-order chi connectivity index (χ0) is 24.8. The van der Waals surface area contributed by atoms with Crippen molar-refractivity contribution >= 4 is 5.97 Å². The van der Waals surface area contributed by atoms with Crippen LogP contribution in [0.4, 0.5) is 0 Å². The van der Waals surface area contributed by atoms with Gasteiger partial charge in [0.1, 0.15) is 12.6 Å². The van der Waals surface area contributed by atoms with E-state index >= 15 is 0 Å². The molecule has 35 heavy (non-hydrogen) atoms. The fraction of sp³-hybridized carbons (Fsp3) is 0.346. The number of tetrazole rings is 1. The number of carbonyl (C=O) groups is 1. The molecule has 0 atom stereocenters. The van der Waals surface area contributed by atoms with Crippen LogP contribution in [0.1, 0.15) is 47.8 Å². The maximum Gasteiger partial charge on any atom is 0.358 e. The molecule has 0 radical (unpaired) electrons. The van der Waals surface area contributed by atoms with Crippen LogP contribution in [0, 0.1) is 0 Å². The van der Waals surface area contributed by atoms with Crippen molar-refractivity contribution in [3.63, 3.8) is 0 Å². The van der Waals surface area contributed by atoms with Gasteiger partial charge in [0.05, 0.1) is 5.69 Å². The molecule has 2 heterocycles. The monoisotopic (exact) mass is 473 g/mol. The van der Waals surface area contributed by atoms with Gasteiger partial charge in [-0.1, -0.05) is 62.4 Å². The molecule has 0 amide bonds. The number of hydrogen-bond acceptors (Lipinski definition) is 7. The number of imidazole rings is 1. The molecular weight excluding hydrogens is 442 g/mol. The van der Waals surface area contributed by atoms with Gasteiger partial charge >= 0.3 is 5.97 Å². The molecule has 4 aromatic rings. The van der Waals surface area contributed by atoms with Crippen LogP contribution in [0.15, 0.2) is 48.5 Å². The van der Waals surface area contributed by atoms with Crippen molar-refractivity contribution < 1.29 is 9.53 Å². The molecule has 0 saturated carbocycles. The largest absolute Gasteiger partial charge is 0.445 e. The van der Waals surface area contributed by atoms with Crippen LogP contribution in [-0.2, 0) is 24.1 Å². The molecule has 0 fully saturated rings. The Bertz CT molecular complexity index is 1260. The van der Waals surface area contributed by atoms with Gasteiger partial charge < -0.3 is 9.30 Å². The van der Waals surface area contributed by atoms with Gasteiger partial charge in [0.15, 0.2) is 11.5 Å². The second kappa shape index (κ2) is 11.1. The lowest BCUT2D eigenvalue weighted by atomic mass is 9.98. The minimum Gasteiger partial charge on any atom is -0.445 e. The number of aromatic amines is 1. The molecule has 2 aromatic carbocycles. The summed E-state index contributed by atoms with van der Waals surface area (Å²) in [6, 6.07) is 16.3. The first-order valence-corrected chi connectivity index (χ1v) is 11.8. The van der Waals surface area contributed by atoms with E-state index in [0.717, 1.165) is 46.6 Å². The summed E-state index contributed by atoms with van der Waals surface area (Å²) in [5.74, 6) is 1.20.